The molecular weight excluding hydrogens is 228 g/mol. The van der Waals surface area contributed by atoms with Gasteiger partial charge in [0.05, 0.1) is 16.6 Å². The van der Waals surface area contributed by atoms with Gasteiger partial charge in [-0.3, -0.25) is 4.79 Å². The molecule has 2 rings (SSSR count). The zero-order chi connectivity index (χ0) is 13.4. The Morgan fingerprint density at radius 3 is 2.50 bits per heavy atom. The predicted molar refractivity (Wildman–Crippen MR) is 70.5 cm³/mol. The summed E-state index contributed by atoms with van der Waals surface area (Å²) >= 11 is 0. The quantitative estimate of drug-likeness (QED) is 0.902. The molecule has 96 valence electrons. The Morgan fingerprint density at radius 2 is 2.00 bits per heavy atom. The van der Waals surface area contributed by atoms with Crippen LogP contribution in [-0.2, 0) is 0 Å². The normalized spacial score (nSPS) is 11.7. The van der Waals surface area contributed by atoms with E-state index in [4.69, 9.17) is 5.73 Å². The van der Waals surface area contributed by atoms with Crippen molar-refractivity contribution in [1.82, 2.24) is 14.8 Å². The van der Waals surface area contributed by atoms with Gasteiger partial charge in [-0.05, 0) is 25.8 Å². The first-order valence-corrected chi connectivity index (χ1v) is 6.10. The first kappa shape index (κ1) is 12.5. The molecule has 2 N–H and O–H groups in total. The Kier molecular flexibility index (Phi) is 3.07. The van der Waals surface area contributed by atoms with E-state index in [0.29, 0.717) is 5.56 Å². The maximum Gasteiger partial charge on any atom is 0.249 e. The van der Waals surface area contributed by atoms with Gasteiger partial charge in [0.25, 0.3) is 0 Å². The lowest BCUT2D eigenvalue weighted by atomic mass is 10.0. The number of nitrogens with zero attached hydrogens (tertiary/aromatic N) is 3. The van der Waals surface area contributed by atoms with Crippen LogP contribution in [0.2, 0.25) is 0 Å². The standard InChI is InChI=1S/C13H18N4O/c1-7(2)11-10-9(12(14)18)5-6-15-13(10)17(16-11)8(3)4/h5-8H,1-4H3,(H2,14,18). The second kappa shape index (κ2) is 4.40. The fourth-order valence-electron chi connectivity index (χ4n) is 2.06. The highest BCUT2D eigenvalue weighted by molar-refractivity contribution is 6.05. The minimum atomic E-state index is -0.437. The van der Waals surface area contributed by atoms with Crippen molar-refractivity contribution in [2.75, 3.05) is 0 Å². The molecule has 0 saturated carbocycles. The Morgan fingerprint density at radius 1 is 1.33 bits per heavy atom. The SMILES string of the molecule is CC(C)c1nn(C(C)C)c2nccc(C(N)=O)c12. The van der Waals surface area contributed by atoms with E-state index in [-0.39, 0.29) is 12.0 Å². The molecule has 0 aliphatic rings. The van der Waals surface area contributed by atoms with Crippen LogP contribution in [0.3, 0.4) is 0 Å². The third-order valence-electron chi connectivity index (χ3n) is 2.92. The minimum absolute atomic E-state index is 0.190. The maximum atomic E-state index is 11.5. The molecule has 0 bridgehead atoms. The summed E-state index contributed by atoms with van der Waals surface area (Å²) in [6.45, 7) is 8.17. The van der Waals surface area contributed by atoms with Crippen LogP contribution in [0.1, 0.15) is 55.7 Å². The van der Waals surface area contributed by atoms with Crippen molar-refractivity contribution in [3.63, 3.8) is 0 Å². The molecule has 2 aromatic heterocycles. The smallest absolute Gasteiger partial charge is 0.249 e. The molecule has 5 heteroatoms. The zero-order valence-electron chi connectivity index (χ0n) is 11.1. The van der Waals surface area contributed by atoms with E-state index in [0.717, 1.165) is 16.7 Å². The van der Waals surface area contributed by atoms with Crippen molar-refractivity contribution < 1.29 is 4.79 Å². The summed E-state index contributed by atoms with van der Waals surface area (Å²) in [7, 11) is 0. The summed E-state index contributed by atoms with van der Waals surface area (Å²) in [4.78, 5) is 15.9. The van der Waals surface area contributed by atoms with Crippen LogP contribution in [0.4, 0.5) is 0 Å². The molecular formula is C13H18N4O. The van der Waals surface area contributed by atoms with Gasteiger partial charge in [0.1, 0.15) is 0 Å². The van der Waals surface area contributed by atoms with Crippen molar-refractivity contribution in [3.8, 4) is 0 Å². The molecule has 0 unspecified atom stereocenters. The van der Waals surface area contributed by atoms with Crippen LogP contribution in [0.5, 0.6) is 0 Å². The zero-order valence-corrected chi connectivity index (χ0v) is 11.1. The lowest BCUT2D eigenvalue weighted by molar-refractivity contribution is 0.100. The van der Waals surface area contributed by atoms with E-state index in [1.807, 2.05) is 32.4 Å². The fraction of sp³-hybridized carbons (Fsp3) is 0.462. The summed E-state index contributed by atoms with van der Waals surface area (Å²) in [5, 5.41) is 5.36. The van der Waals surface area contributed by atoms with Gasteiger partial charge < -0.3 is 5.73 Å². The van der Waals surface area contributed by atoms with Crippen molar-refractivity contribution in [1.29, 1.82) is 0 Å². The number of carbonyl (C=O) groups is 1. The molecule has 5 nitrogen and oxygen atoms in total. The van der Waals surface area contributed by atoms with Gasteiger partial charge in [0.15, 0.2) is 5.65 Å². The number of rotatable bonds is 3. The molecule has 1 amide bonds. The number of primary amides is 1. The van der Waals surface area contributed by atoms with E-state index >= 15 is 0 Å². The molecule has 0 aromatic carbocycles. The summed E-state index contributed by atoms with van der Waals surface area (Å²) in [6, 6.07) is 1.85. The number of amides is 1. The van der Waals surface area contributed by atoms with E-state index in [9.17, 15) is 4.79 Å². The highest BCUT2D eigenvalue weighted by Crippen LogP contribution is 2.28. The molecule has 0 fully saturated rings. The molecule has 2 heterocycles. The van der Waals surface area contributed by atoms with Crippen LogP contribution < -0.4 is 5.73 Å². The largest absolute Gasteiger partial charge is 0.366 e. The Bertz CT molecular complexity index is 598. The van der Waals surface area contributed by atoms with Gasteiger partial charge in [-0.2, -0.15) is 5.10 Å². The number of hydrogen-bond donors (Lipinski definition) is 1. The van der Waals surface area contributed by atoms with E-state index in [1.165, 1.54) is 0 Å². The van der Waals surface area contributed by atoms with Gasteiger partial charge >= 0.3 is 0 Å². The summed E-state index contributed by atoms with van der Waals surface area (Å²) < 4.78 is 1.84. The number of nitrogens with two attached hydrogens (primary N) is 1. The van der Waals surface area contributed by atoms with Crippen LogP contribution in [0.25, 0.3) is 11.0 Å². The first-order valence-electron chi connectivity index (χ1n) is 6.10. The van der Waals surface area contributed by atoms with Crippen molar-refractivity contribution in [2.45, 2.75) is 39.7 Å². The number of aromatic nitrogens is 3. The Hall–Kier alpha value is -1.91. The lowest BCUT2D eigenvalue weighted by Crippen LogP contribution is -2.12. The average Bonchev–Trinajstić information content (AvgIpc) is 2.67. The summed E-state index contributed by atoms with van der Waals surface area (Å²) in [5.41, 5.74) is 7.53. The van der Waals surface area contributed by atoms with Crippen LogP contribution in [-0.4, -0.2) is 20.7 Å². The predicted octanol–water partition coefficient (Wildman–Crippen LogP) is 2.23. The molecule has 0 spiro atoms. The van der Waals surface area contributed by atoms with Crippen LogP contribution >= 0.6 is 0 Å². The van der Waals surface area contributed by atoms with Gasteiger partial charge in [0.2, 0.25) is 5.91 Å². The second-order valence-corrected chi connectivity index (χ2v) is 5.00. The third-order valence-corrected chi connectivity index (χ3v) is 2.92. The van der Waals surface area contributed by atoms with Gasteiger partial charge in [0, 0.05) is 12.2 Å². The van der Waals surface area contributed by atoms with Crippen LogP contribution in [0, 0.1) is 0 Å². The molecule has 0 radical (unpaired) electrons. The Balaban J connectivity index is 2.87. The minimum Gasteiger partial charge on any atom is -0.366 e. The fourth-order valence-corrected chi connectivity index (χ4v) is 2.06. The van der Waals surface area contributed by atoms with E-state index < -0.39 is 5.91 Å². The summed E-state index contributed by atoms with van der Waals surface area (Å²) in [5.74, 6) is -0.220. The first-order chi connectivity index (χ1) is 8.43. The Labute approximate surface area is 106 Å². The van der Waals surface area contributed by atoms with Crippen molar-refractivity contribution in [3.05, 3.63) is 23.5 Å². The number of carbonyl (C=O) groups excluding carboxylic acids is 1. The van der Waals surface area contributed by atoms with Crippen molar-refractivity contribution >= 4 is 16.9 Å². The average molecular weight is 246 g/mol. The lowest BCUT2D eigenvalue weighted by Gasteiger charge is -2.05. The second-order valence-electron chi connectivity index (χ2n) is 5.00. The molecule has 0 aliphatic heterocycles. The molecule has 2 aromatic rings. The van der Waals surface area contributed by atoms with Crippen molar-refractivity contribution in [2.24, 2.45) is 5.73 Å². The van der Waals surface area contributed by atoms with Gasteiger partial charge in [-0.25, -0.2) is 9.67 Å². The summed E-state index contributed by atoms with van der Waals surface area (Å²) in [6.07, 6.45) is 1.60. The van der Waals surface area contributed by atoms with Crippen LogP contribution in [0.15, 0.2) is 12.3 Å². The molecule has 18 heavy (non-hydrogen) atoms. The number of pyridine rings is 1. The molecule has 0 aliphatic carbocycles. The number of fused-ring (bicyclic) bond motifs is 1. The topological polar surface area (TPSA) is 73.8 Å². The monoisotopic (exact) mass is 246 g/mol. The van der Waals surface area contributed by atoms with Gasteiger partial charge in [-0.1, -0.05) is 13.8 Å². The van der Waals surface area contributed by atoms with E-state index in [2.05, 4.69) is 10.1 Å². The van der Waals surface area contributed by atoms with Gasteiger partial charge in [-0.15, -0.1) is 0 Å². The maximum absolute atomic E-state index is 11.5. The third kappa shape index (κ3) is 1.85. The number of hydrogen-bond acceptors (Lipinski definition) is 3. The molecule has 0 atom stereocenters. The highest BCUT2D eigenvalue weighted by Gasteiger charge is 2.20. The van der Waals surface area contributed by atoms with E-state index in [1.54, 1.807) is 12.3 Å². The highest BCUT2D eigenvalue weighted by atomic mass is 16.1. The molecule has 0 saturated heterocycles.